The molecule has 1 atom stereocenters. The number of benzene rings is 1. The fourth-order valence-electron chi connectivity index (χ4n) is 2.28. The molecule has 1 saturated heterocycles. The summed E-state index contributed by atoms with van der Waals surface area (Å²) in [6, 6.07) is 9.09. The van der Waals surface area contributed by atoms with E-state index in [9.17, 15) is 4.79 Å². The third kappa shape index (κ3) is 2.45. The second kappa shape index (κ2) is 4.98. The van der Waals surface area contributed by atoms with Crippen molar-refractivity contribution in [3.8, 4) is 6.07 Å². The summed E-state index contributed by atoms with van der Waals surface area (Å²) in [6.45, 7) is 1.33. The SMILES string of the molecule is N#Cc1ccccc1CN1CCC[C@@H]1C(=O)O. The molecule has 0 saturated carbocycles. The van der Waals surface area contributed by atoms with Crippen LogP contribution in [0.5, 0.6) is 0 Å². The maximum Gasteiger partial charge on any atom is 0.320 e. The number of hydrogen-bond donors (Lipinski definition) is 1. The van der Waals surface area contributed by atoms with E-state index in [1.165, 1.54) is 0 Å². The third-order valence-corrected chi connectivity index (χ3v) is 3.16. The first kappa shape index (κ1) is 11.6. The van der Waals surface area contributed by atoms with Crippen molar-refractivity contribution >= 4 is 5.97 Å². The van der Waals surface area contributed by atoms with Crippen LogP contribution in [0.15, 0.2) is 24.3 Å². The first-order chi connectivity index (χ1) is 8.22. The van der Waals surface area contributed by atoms with Gasteiger partial charge in [-0.1, -0.05) is 18.2 Å². The van der Waals surface area contributed by atoms with Crippen molar-refractivity contribution < 1.29 is 9.90 Å². The van der Waals surface area contributed by atoms with Crippen LogP contribution in [0, 0.1) is 11.3 Å². The first-order valence-electron chi connectivity index (χ1n) is 5.67. The average Bonchev–Trinajstić information content (AvgIpc) is 2.78. The van der Waals surface area contributed by atoms with Crippen molar-refractivity contribution in [3.05, 3.63) is 35.4 Å². The van der Waals surface area contributed by atoms with Gasteiger partial charge in [-0.2, -0.15) is 5.26 Å². The Hall–Kier alpha value is -1.86. The summed E-state index contributed by atoms with van der Waals surface area (Å²) in [5.74, 6) is -0.767. The molecule has 0 radical (unpaired) electrons. The van der Waals surface area contributed by atoms with Crippen LogP contribution < -0.4 is 0 Å². The smallest absolute Gasteiger partial charge is 0.320 e. The third-order valence-electron chi connectivity index (χ3n) is 3.16. The van der Waals surface area contributed by atoms with Crippen molar-refractivity contribution in [2.45, 2.75) is 25.4 Å². The lowest BCUT2D eigenvalue weighted by molar-refractivity contribution is -0.142. The molecule has 88 valence electrons. The standard InChI is InChI=1S/C13H14N2O2/c14-8-10-4-1-2-5-11(10)9-15-7-3-6-12(15)13(16)17/h1-2,4-5,12H,3,6-7,9H2,(H,16,17)/t12-/m1/s1. The fraction of sp³-hybridized carbons (Fsp3) is 0.385. The number of carboxylic acids is 1. The lowest BCUT2D eigenvalue weighted by atomic mass is 10.1. The minimum Gasteiger partial charge on any atom is -0.480 e. The molecule has 4 nitrogen and oxygen atoms in total. The van der Waals surface area contributed by atoms with Crippen LogP contribution in [0.4, 0.5) is 0 Å². The van der Waals surface area contributed by atoms with Crippen molar-refractivity contribution in [1.82, 2.24) is 4.90 Å². The van der Waals surface area contributed by atoms with Crippen LogP contribution in [0.1, 0.15) is 24.0 Å². The van der Waals surface area contributed by atoms with E-state index in [0.29, 0.717) is 18.5 Å². The Labute approximate surface area is 100 Å². The number of nitrogens with zero attached hydrogens (tertiary/aromatic N) is 2. The van der Waals surface area contributed by atoms with E-state index in [4.69, 9.17) is 10.4 Å². The summed E-state index contributed by atoms with van der Waals surface area (Å²) in [6.07, 6.45) is 1.61. The van der Waals surface area contributed by atoms with Gasteiger partial charge < -0.3 is 5.11 Å². The van der Waals surface area contributed by atoms with E-state index in [1.807, 2.05) is 23.1 Å². The van der Waals surface area contributed by atoms with E-state index in [0.717, 1.165) is 18.5 Å². The van der Waals surface area contributed by atoms with E-state index >= 15 is 0 Å². The van der Waals surface area contributed by atoms with Crippen LogP contribution in [-0.4, -0.2) is 28.6 Å². The zero-order valence-electron chi connectivity index (χ0n) is 9.47. The van der Waals surface area contributed by atoms with Gasteiger partial charge in [-0.3, -0.25) is 9.69 Å². The van der Waals surface area contributed by atoms with Gasteiger partial charge in [0.2, 0.25) is 0 Å². The van der Waals surface area contributed by atoms with Gasteiger partial charge in [0, 0.05) is 6.54 Å². The Morgan fingerprint density at radius 3 is 3.00 bits per heavy atom. The minimum absolute atomic E-state index is 0.401. The van der Waals surface area contributed by atoms with Crippen LogP contribution in [0.2, 0.25) is 0 Å². The number of aliphatic carboxylic acids is 1. The monoisotopic (exact) mass is 230 g/mol. The van der Waals surface area contributed by atoms with Gasteiger partial charge in [0.15, 0.2) is 0 Å². The summed E-state index contributed by atoms with van der Waals surface area (Å²) >= 11 is 0. The molecular weight excluding hydrogens is 216 g/mol. The molecule has 0 aliphatic carbocycles. The van der Waals surface area contributed by atoms with Gasteiger partial charge in [0.1, 0.15) is 6.04 Å². The number of rotatable bonds is 3. The quantitative estimate of drug-likeness (QED) is 0.856. The Morgan fingerprint density at radius 2 is 2.29 bits per heavy atom. The lowest BCUT2D eigenvalue weighted by Crippen LogP contribution is -2.35. The lowest BCUT2D eigenvalue weighted by Gasteiger charge is -2.21. The topological polar surface area (TPSA) is 64.3 Å². The fourth-order valence-corrected chi connectivity index (χ4v) is 2.28. The maximum atomic E-state index is 11.0. The van der Waals surface area contributed by atoms with Gasteiger partial charge in [0.25, 0.3) is 0 Å². The van der Waals surface area contributed by atoms with Crippen molar-refractivity contribution in [2.75, 3.05) is 6.54 Å². The molecule has 0 spiro atoms. The molecule has 1 aromatic carbocycles. The molecule has 1 N–H and O–H groups in total. The molecule has 0 bridgehead atoms. The first-order valence-corrected chi connectivity index (χ1v) is 5.67. The van der Waals surface area contributed by atoms with Crippen LogP contribution in [-0.2, 0) is 11.3 Å². The van der Waals surface area contributed by atoms with Gasteiger partial charge in [-0.25, -0.2) is 0 Å². The number of carbonyl (C=O) groups is 1. The Kier molecular flexibility index (Phi) is 3.40. The van der Waals surface area contributed by atoms with Crippen molar-refractivity contribution in [3.63, 3.8) is 0 Å². The van der Waals surface area contributed by atoms with Crippen molar-refractivity contribution in [2.24, 2.45) is 0 Å². The Balaban J connectivity index is 2.15. The molecule has 4 heteroatoms. The Bertz CT molecular complexity index is 465. The van der Waals surface area contributed by atoms with Crippen LogP contribution in [0.25, 0.3) is 0 Å². The molecule has 1 aliphatic rings. The zero-order valence-corrected chi connectivity index (χ0v) is 9.47. The summed E-state index contributed by atoms with van der Waals surface area (Å²) in [5, 5.41) is 18.1. The molecular formula is C13H14N2O2. The van der Waals surface area contributed by atoms with Crippen LogP contribution in [0.3, 0.4) is 0 Å². The number of likely N-dealkylation sites (tertiary alicyclic amines) is 1. The molecule has 17 heavy (non-hydrogen) atoms. The largest absolute Gasteiger partial charge is 0.480 e. The summed E-state index contributed by atoms with van der Waals surface area (Å²) in [5.41, 5.74) is 1.53. The van der Waals surface area contributed by atoms with Gasteiger partial charge in [-0.05, 0) is 31.0 Å². The van der Waals surface area contributed by atoms with E-state index in [2.05, 4.69) is 6.07 Å². The molecule has 2 rings (SSSR count). The number of nitriles is 1. The molecule has 1 aliphatic heterocycles. The van der Waals surface area contributed by atoms with Gasteiger partial charge in [0.05, 0.1) is 11.6 Å². The van der Waals surface area contributed by atoms with E-state index < -0.39 is 12.0 Å². The summed E-state index contributed by atoms with van der Waals surface area (Å²) in [7, 11) is 0. The molecule has 0 amide bonds. The highest BCUT2D eigenvalue weighted by Crippen LogP contribution is 2.21. The molecule has 0 unspecified atom stereocenters. The second-order valence-corrected chi connectivity index (χ2v) is 4.24. The molecule has 0 aromatic heterocycles. The van der Waals surface area contributed by atoms with Gasteiger partial charge in [-0.15, -0.1) is 0 Å². The predicted molar refractivity (Wildman–Crippen MR) is 62.2 cm³/mol. The summed E-state index contributed by atoms with van der Waals surface area (Å²) < 4.78 is 0. The minimum atomic E-state index is -0.767. The van der Waals surface area contributed by atoms with E-state index in [-0.39, 0.29) is 0 Å². The van der Waals surface area contributed by atoms with Gasteiger partial charge >= 0.3 is 5.97 Å². The van der Waals surface area contributed by atoms with E-state index in [1.54, 1.807) is 6.07 Å². The number of hydrogen-bond acceptors (Lipinski definition) is 3. The molecule has 1 fully saturated rings. The van der Waals surface area contributed by atoms with Crippen molar-refractivity contribution in [1.29, 1.82) is 5.26 Å². The molecule has 1 heterocycles. The van der Waals surface area contributed by atoms with Crippen LogP contribution >= 0.6 is 0 Å². The predicted octanol–water partition coefficient (Wildman–Crippen LogP) is 1.61. The highest BCUT2D eigenvalue weighted by atomic mass is 16.4. The second-order valence-electron chi connectivity index (χ2n) is 4.24. The maximum absolute atomic E-state index is 11.0. The average molecular weight is 230 g/mol. The normalized spacial score (nSPS) is 20.1. The highest BCUT2D eigenvalue weighted by Gasteiger charge is 2.30. The zero-order chi connectivity index (χ0) is 12.3. The number of carboxylic acid groups (broad SMARTS) is 1. The summed E-state index contributed by atoms with van der Waals surface area (Å²) in [4.78, 5) is 13.0. The highest BCUT2D eigenvalue weighted by molar-refractivity contribution is 5.73. The Morgan fingerprint density at radius 1 is 1.53 bits per heavy atom. The molecule has 1 aromatic rings.